The maximum atomic E-state index is 12.3. The minimum absolute atomic E-state index is 0.0861. The van der Waals surface area contributed by atoms with Gasteiger partial charge in [0.15, 0.2) is 0 Å². The van der Waals surface area contributed by atoms with E-state index in [0.717, 1.165) is 25.7 Å². The van der Waals surface area contributed by atoms with Crippen LogP contribution in [0, 0.1) is 11.8 Å². The number of likely N-dealkylation sites (N-methyl/N-ethyl adjacent to an activating group) is 1. The second kappa shape index (κ2) is 7.74. The third-order valence-corrected chi connectivity index (χ3v) is 4.00. The van der Waals surface area contributed by atoms with Crippen molar-refractivity contribution in [3.8, 4) is 0 Å². The number of nitrogens with zero attached hydrogens (tertiary/aromatic N) is 1. The van der Waals surface area contributed by atoms with E-state index < -0.39 is 0 Å². The number of ether oxygens (including phenoxy) is 1. The average Bonchev–Trinajstić information content (AvgIpc) is 2.37. The molecule has 0 aromatic heterocycles. The number of carbonyl (C=O) groups excluding carboxylic acids is 1. The van der Waals surface area contributed by atoms with Gasteiger partial charge in [0.25, 0.3) is 0 Å². The van der Waals surface area contributed by atoms with Gasteiger partial charge in [0.1, 0.15) is 0 Å². The zero-order valence-electron chi connectivity index (χ0n) is 12.0. The van der Waals surface area contributed by atoms with Crippen molar-refractivity contribution in [1.82, 2.24) is 4.90 Å². The van der Waals surface area contributed by atoms with Crippen LogP contribution >= 0.6 is 0 Å². The Hall–Kier alpha value is -0.610. The highest BCUT2D eigenvalue weighted by molar-refractivity contribution is 5.78. The molecule has 0 aromatic carbocycles. The van der Waals surface area contributed by atoms with Gasteiger partial charge >= 0.3 is 0 Å². The summed E-state index contributed by atoms with van der Waals surface area (Å²) >= 11 is 0. The van der Waals surface area contributed by atoms with Crippen molar-refractivity contribution >= 4 is 5.91 Å². The normalized spacial score (nSPS) is 25.8. The molecular weight excluding hydrogens is 228 g/mol. The first-order valence-electron chi connectivity index (χ1n) is 7.14. The highest BCUT2D eigenvalue weighted by atomic mass is 16.5. The molecule has 3 atom stereocenters. The molecule has 0 aromatic rings. The monoisotopic (exact) mass is 256 g/mol. The van der Waals surface area contributed by atoms with Gasteiger partial charge in [0, 0.05) is 32.2 Å². The predicted molar refractivity (Wildman–Crippen MR) is 73.2 cm³/mol. The highest BCUT2D eigenvalue weighted by Gasteiger charge is 2.29. The van der Waals surface area contributed by atoms with Crippen LogP contribution in [-0.2, 0) is 9.53 Å². The fourth-order valence-electron chi connectivity index (χ4n) is 2.73. The summed E-state index contributed by atoms with van der Waals surface area (Å²) < 4.78 is 5.28. The van der Waals surface area contributed by atoms with Gasteiger partial charge in [-0.3, -0.25) is 4.79 Å². The summed E-state index contributed by atoms with van der Waals surface area (Å²) in [7, 11) is 1.86. The Balaban J connectivity index is 2.39. The Morgan fingerprint density at radius 3 is 2.83 bits per heavy atom. The van der Waals surface area contributed by atoms with Crippen LogP contribution in [-0.4, -0.2) is 43.7 Å². The summed E-state index contributed by atoms with van der Waals surface area (Å²) in [4.78, 5) is 14.1. The van der Waals surface area contributed by atoms with Crippen LogP contribution in [0.15, 0.2) is 0 Å². The van der Waals surface area contributed by atoms with Crippen LogP contribution in [0.25, 0.3) is 0 Å². The Morgan fingerprint density at radius 1 is 1.50 bits per heavy atom. The van der Waals surface area contributed by atoms with E-state index in [9.17, 15) is 4.79 Å². The number of hydrogen-bond donors (Lipinski definition) is 1. The molecule has 3 unspecified atom stereocenters. The quantitative estimate of drug-likeness (QED) is 0.735. The molecule has 0 aliphatic heterocycles. The molecular formula is C14H28N2O2. The number of carbonyl (C=O) groups is 1. The number of hydrogen-bond acceptors (Lipinski definition) is 3. The fraction of sp³-hybridized carbons (Fsp3) is 0.929. The van der Waals surface area contributed by atoms with E-state index >= 15 is 0 Å². The molecule has 1 amide bonds. The van der Waals surface area contributed by atoms with Gasteiger partial charge in [-0.05, 0) is 32.1 Å². The minimum atomic E-state index is 0.0861. The van der Waals surface area contributed by atoms with E-state index in [4.69, 9.17) is 10.5 Å². The van der Waals surface area contributed by atoms with E-state index in [-0.39, 0.29) is 17.9 Å². The third kappa shape index (κ3) is 4.58. The van der Waals surface area contributed by atoms with Crippen LogP contribution < -0.4 is 5.73 Å². The van der Waals surface area contributed by atoms with Gasteiger partial charge in [-0.25, -0.2) is 0 Å². The molecule has 2 N–H and O–H groups in total. The maximum absolute atomic E-state index is 12.3. The van der Waals surface area contributed by atoms with Crippen LogP contribution in [0.2, 0.25) is 0 Å². The van der Waals surface area contributed by atoms with Crippen molar-refractivity contribution < 1.29 is 9.53 Å². The van der Waals surface area contributed by atoms with Gasteiger partial charge < -0.3 is 15.4 Å². The summed E-state index contributed by atoms with van der Waals surface area (Å²) in [6, 6.07) is 0.285. The standard InChI is InChI=1S/C14H28N2O2/c1-4-18-9-8-16(3)14(17)11(2)12-6-5-7-13(15)10-12/h11-13H,4-10,15H2,1-3H3. The number of nitrogens with two attached hydrogens (primary N) is 1. The molecule has 1 aliphatic carbocycles. The van der Waals surface area contributed by atoms with Gasteiger partial charge in [-0.1, -0.05) is 13.3 Å². The van der Waals surface area contributed by atoms with Crippen LogP contribution in [0.4, 0.5) is 0 Å². The van der Waals surface area contributed by atoms with Crippen molar-refractivity contribution in [3.05, 3.63) is 0 Å². The largest absolute Gasteiger partial charge is 0.380 e. The fourth-order valence-corrected chi connectivity index (χ4v) is 2.73. The first-order valence-corrected chi connectivity index (χ1v) is 7.14. The molecule has 4 heteroatoms. The Bertz CT molecular complexity index is 258. The van der Waals surface area contributed by atoms with E-state index in [0.29, 0.717) is 25.7 Å². The molecule has 18 heavy (non-hydrogen) atoms. The molecule has 0 heterocycles. The summed E-state index contributed by atoms with van der Waals surface area (Å²) in [5, 5.41) is 0. The van der Waals surface area contributed by atoms with Crippen molar-refractivity contribution in [2.75, 3.05) is 26.8 Å². The molecule has 0 saturated heterocycles. The number of amides is 1. The Labute approximate surface area is 111 Å². The minimum Gasteiger partial charge on any atom is -0.380 e. The lowest BCUT2D eigenvalue weighted by molar-refractivity contribution is -0.136. The van der Waals surface area contributed by atoms with E-state index in [1.807, 2.05) is 20.9 Å². The Kier molecular flexibility index (Phi) is 6.65. The van der Waals surface area contributed by atoms with Crippen LogP contribution in [0.5, 0.6) is 0 Å². The molecule has 0 radical (unpaired) electrons. The molecule has 106 valence electrons. The molecule has 0 bridgehead atoms. The van der Waals surface area contributed by atoms with Gasteiger partial charge in [0.2, 0.25) is 5.91 Å². The van der Waals surface area contributed by atoms with Crippen molar-refractivity contribution in [2.45, 2.75) is 45.6 Å². The smallest absolute Gasteiger partial charge is 0.225 e. The summed E-state index contributed by atoms with van der Waals surface area (Å²) in [6.45, 7) is 6.01. The van der Waals surface area contributed by atoms with Gasteiger partial charge in [-0.2, -0.15) is 0 Å². The lowest BCUT2D eigenvalue weighted by Crippen LogP contribution is -2.40. The van der Waals surface area contributed by atoms with Crippen molar-refractivity contribution in [2.24, 2.45) is 17.6 Å². The topological polar surface area (TPSA) is 55.6 Å². The second-order valence-electron chi connectivity index (χ2n) is 5.43. The average molecular weight is 256 g/mol. The summed E-state index contributed by atoms with van der Waals surface area (Å²) in [6.07, 6.45) is 4.40. The molecule has 1 aliphatic rings. The third-order valence-electron chi connectivity index (χ3n) is 4.00. The predicted octanol–water partition coefficient (Wildman–Crippen LogP) is 1.63. The Morgan fingerprint density at radius 2 is 2.22 bits per heavy atom. The van der Waals surface area contributed by atoms with Gasteiger partial charge in [-0.15, -0.1) is 0 Å². The maximum Gasteiger partial charge on any atom is 0.225 e. The number of rotatable bonds is 6. The van der Waals surface area contributed by atoms with Crippen molar-refractivity contribution in [3.63, 3.8) is 0 Å². The SMILES string of the molecule is CCOCCN(C)C(=O)C(C)C1CCCC(N)C1. The van der Waals surface area contributed by atoms with Crippen LogP contribution in [0.1, 0.15) is 39.5 Å². The molecule has 4 nitrogen and oxygen atoms in total. The summed E-state index contributed by atoms with van der Waals surface area (Å²) in [5.41, 5.74) is 5.99. The zero-order chi connectivity index (χ0) is 13.5. The molecule has 1 saturated carbocycles. The lowest BCUT2D eigenvalue weighted by atomic mass is 9.78. The second-order valence-corrected chi connectivity index (χ2v) is 5.43. The van der Waals surface area contributed by atoms with E-state index in [1.54, 1.807) is 4.90 Å². The highest BCUT2D eigenvalue weighted by Crippen LogP contribution is 2.30. The van der Waals surface area contributed by atoms with E-state index in [1.165, 1.54) is 0 Å². The van der Waals surface area contributed by atoms with Gasteiger partial charge in [0.05, 0.1) is 6.61 Å². The first kappa shape index (κ1) is 15.4. The summed E-state index contributed by atoms with van der Waals surface area (Å²) in [5.74, 6) is 0.771. The molecule has 1 fully saturated rings. The first-order chi connectivity index (χ1) is 8.56. The van der Waals surface area contributed by atoms with Crippen LogP contribution in [0.3, 0.4) is 0 Å². The lowest BCUT2D eigenvalue weighted by Gasteiger charge is -2.32. The van der Waals surface area contributed by atoms with E-state index in [2.05, 4.69) is 0 Å². The zero-order valence-corrected chi connectivity index (χ0v) is 12.0. The van der Waals surface area contributed by atoms with Crippen molar-refractivity contribution in [1.29, 1.82) is 0 Å². The molecule has 0 spiro atoms. The molecule has 1 rings (SSSR count).